The van der Waals surface area contributed by atoms with Gasteiger partial charge in [0.15, 0.2) is 5.82 Å². The van der Waals surface area contributed by atoms with Crippen molar-refractivity contribution in [2.45, 2.75) is 26.3 Å². The zero-order valence-electron chi connectivity index (χ0n) is 7.58. The third-order valence-corrected chi connectivity index (χ3v) is 1.49. The van der Waals surface area contributed by atoms with Crippen molar-refractivity contribution < 1.29 is 4.52 Å². The van der Waals surface area contributed by atoms with Gasteiger partial charge in [0.1, 0.15) is 0 Å². The van der Waals surface area contributed by atoms with E-state index in [0.717, 1.165) is 13.0 Å². The van der Waals surface area contributed by atoms with E-state index < -0.39 is 0 Å². The lowest BCUT2D eigenvalue weighted by Crippen LogP contribution is -2.14. The summed E-state index contributed by atoms with van der Waals surface area (Å²) < 4.78 is 4.88. The van der Waals surface area contributed by atoms with E-state index in [4.69, 9.17) is 9.78 Å². The molecule has 0 spiro atoms. The van der Waals surface area contributed by atoms with Crippen LogP contribution in [0.2, 0.25) is 0 Å². The number of aromatic nitrogens is 2. The lowest BCUT2D eigenvalue weighted by Gasteiger charge is -1.96. The maximum atomic E-state index is 8.27. The molecule has 5 nitrogen and oxygen atoms in total. The Bertz CT molecular complexity index is 289. The second-order valence-electron chi connectivity index (χ2n) is 2.67. The molecule has 0 saturated carbocycles. The van der Waals surface area contributed by atoms with Crippen LogP contribution >= 0.6 is 0 Å². The number of nitriles is 1. The highest BCUT2D eigenvalue weighted by molar-refractivity contribution is 4.81. The first-order valence-corrected chi connectivity index (χ1v) is 4.20. The van der Waals surface area contributed by atoms with E-state index in [1.54, 1.807) is 6.92 Å². The quantitative estimate of drug-likeness (QED) is 0.677. The maximum Gasteiger partial charge on any atom is 0.240 e. The first-order valence-electron chi connectivity index (χ1n) is 4.20. The molecule has 5 heteroatoms. The second kappa shape index (κ2) is 5.27. The molecule has 1 N–H and O–H groups in total. The van der Waals surface area contributed by atoms with E-state index in [9.17, 15) is 0 Å². The minimum atomic E-state index is 0.576. The predicted molar refractivity (Wildman–Crippen MR) is 45.6 cm³/mol. The first kappa shape index (κ1) is 9.68. The van der Waals surface area contributed by atoms with Crippen LogP contribution in [0.15, 0.2) is 4.52 Å². The van der Waals surface area contributed by atoms with Crippen molar-refractivity contribution in [3.63, 3.8) is 0 Å². The average Bonchev–Trinajstić information content (AvgIpc) is 2.51. The van der Waals surface area contributed by atoms with Crippen LogP contribution < -0.4 is 5.32 Å². The number of hydrogen-bond donors (Lipinski definition) is 1. The number of aryl methyl sites for hydroxylation is 1. The Kier molecular flexibility index (Phi) is 3.93. The summed E-state index contributed by atoms with van der Waals surface area (Å²) in [7, 11) is 0. The van der Waals surface area contributed by atoms with Crippen molar-refractivity contribution in [3.05, 3.63) is 11.7 Å². The van der Waals surface area contributed by atoms with Crippen LogP contribution in [0.5, 0.6) is 0 Å². The van der Waals surface area contributed by atoms with Gasteiger partial charge in [-0.1, -0.05) is 5.16 Å². The van der Waals surface area contributed by atoms with Crippen molar-refractivity contribution in [1.29, 1.82) is 5.26 Å². The van der Waals surface area contributed by atoms with E-state index in [0.29, 0.717) is 24.7 Å². The van der Waals surface area contributed by atoms with Crippen LogP contribution in [-0.4, -0.2) is 16.7 Å². The molecule has 0 amide bonds. The summed E-state index contributed by atoms with van der Waals surface area (Å²) in [5.74, 6) is 1.24. The van der Waals surface area contributed by atoms with E-state index in [-0.39, 0.29) is 0 Å². The summed E-state index contributed by atoms with van der Waals surface area (Å²) in [4.78, 5) is 4.02. The third-order valence-electron chi connectivity index (χ3n) is 1.49. The van der Waals surface area contributed by atoms with Gasteiger partial charge in [0, 0.05) is 6.42 Å². The van der Waals surface area contributed by atoms with Crippen molar-refractivity contribution in [1.82, 2.24) is 15.5 Å². The molecule has 0 aromatic carbocycles. The third kappa shape index (κ3) is 3.67. The van der Waals surface area contributed by atoms with Gasteiger partial charge in [0.25, 0.3) is 0 Å². The Morgan fingerprint density at radius 3 is 3.08 bits per heavy atom. The normalized spacial score (nSPS) is 9.85. The lowest BCUT2D eigenvalue weighted by atomic mass is 10.3. The smallest absolute Gasteiger partial charge is 0.240 e. The fourth-order valence-corrected chi connectivity index (χ4v) is 0.900. The van der Waals surface area contributed by atoms with Gasteiger partial charge >= 0.3 is 0 Å². The van der Waals surface area contributed by atoms with E-state index in [2.05, 4.69) is 21.5 Å². The monoisotopic (exact) mass is 180 g/mol. The van der Waals surface area contributed by atoms with Gasteiger partial charge in [-0.3, -0.25) is 0 Å². The SMILES string of the molecule is Cc1noc(CNCCCC#N)n1. The Hall–Kier alpha value is -1.41. The summed E-state index contributed by atoms with van der Waals surface area (Å²) in [6, 6.07) is 2.08. The molecule has 0 aliphatic heterocycles. The molecular weight excluding hydrogens is 168 g/mol. The number of rotatable bonds is 5. The second-order valence-corrected chi connectivity index (χ2v) is 2.67. The summed E-state index contributed by atoms with van der Waals surface area (Å²) in [6.45, 7) is 3.16. The molecule has 0 atom stereocenters. The van der Waals surface area contributed by atoms with Gasteiger partial charge in [-0.25, -0.2) is 0 Å². The molecule has 13 heavy (non-hydrogen) atoms. The molecule has 1 heterocycles. The molecule has 0 bridgehead atoms. The minimum Gasteiger partial charge on any atom is -0.338 e. The Morgan fingerprint density at radius 1 is 1.62 bits per heavy atom. The molecule has 1 rings (SSSR count). The van der Waals surface area contributed by atoms with Gasteiger partial charge in [-0.2, -0.15) is 10.2 Å². The largest absolute Gasteiger partial charge is 0.338 e. The van der Waals surface area contributed by atoms with Crippen LogP contribution in [0.25, 0.3) is 0 Å². The Labute approximate surface area is 76.7 Å². The summed E-state index contributed by atoms with van der Waals surface area (Å²) in [6.07, 6.45) is 1.43. The van der Waals surface area contributed by atoms with Crippen molar-refractivity contribution in [3.8, 4) is 6.07 Å². The topological polar surface area (TPSA) is 74.7 Å². The van der Waals surface area contributed by atoms with Crippen LogP contribution in [0.3, 0.4) is 0 Å². The fourth-order valence-electron chi connectivity index (χ4n) is 0.900. The minimum absolute atomic E-state index is 0.576. The zero-order valence-corrected chi connectivity index (χ0v) is 7.58. The highest BCUT2D eigenvalue weighted by atomic mass is 16.5. The molecule has 1 aromatic heterocycles. The van der Waals surface area contributed by atoms with Crippen molar-refractivity contribution >= 4 is 0 Å². The average molecular weight is 180 g/mol. The molecule has 0 aliphatic carbocycles. The molecule has 0 aliphatic rings. The number of hydrogen-bond acceptors (Lipinski definition) is 5. The highest BCUT2D eigenvalue weighted by Gasteiger charge is 2.00. The summed E-state index contributed by atoms with van der Waals surface area (Å²) >= 11 is 0. The van der Waals surface area contributed by atoms with Gasteiger partial charge in [-0.15, -0.1) is 0 Å². The summed E-state index contributed by atoms with van der Waals surface area (Å²) in [5, 5.41) is 15.0. The van der Waals surface area contributed by atoms with E-state index in [1.807, 2.05) is 0 Å². The molecule has 0 radical (unpaired) electrons. The number of nitrogens with zero attached hydrogens (tertiary/aromatic N) is 3. The number of unbranched alkanes of at least 4 members (excludes halogenated alkanes) is 1. The fraction of sp³-hybridized carbons (Fsp3) is 0.625. The van der Waals surface area contributed by atoms with Gasteiger partial charge in [-0.05, 0) is 19.9 Å². The van der Waals surface area contributed by atoms with Crippen molar-refractivity contribution in [2.75, 3.05) is 6.54 Å². The van der Waals surface area contributed by atoms with Gasteiger partial charge < -0.3 is 9.84 Å². The Morgan fingerprint density at radius 2 is 2.46 bits per heavy atom. The van der Waals surface area contributed by atoms with E-state index in [1.165, 1.54) is 0 Å². The van der Waals surface area contributed by atoms with Crippen molar-refractivity contribution in [2.24, 2.45) is 0 Å². The zero-order chi connectivity index (χ0) is 9.52. The van der Waals surface area contributed by atoms with Crippen LogP contribution in [-0.2, 0) is 6.54 Å². The molecule has 0 saturated heterocycles. The van der Waals surface area contributed by atoms with Gasteiger partial charge in [0.2, 0.25) is 5.89 Å². The summed E-state index contributed by atoms with van der Waals surface area (Å²) in [5.41, 5.74) is 0. The van der Waals surface area contributed by atoms with Crippen LogP contribution in [0, 0.1) is 18.3 Å². The molecule has 0 unspecified atom stereocenters. The molecule has 70 valence electrons. The number of nitrogens with one attached hydrogen (secondary N) is 1. The predicted octanol–water partition coefficient (Wildman–Crippen LogP) is 0.771. The lowest BCUT2D eigenvalue weighted by molar-refractivity contribution is 0.364. The van der Waals surface area contributed by atoms with Gasteiger partial charge in [0.05, 0.1) is 12.6 Å². The Balaban J connectivity index is 2.10. The first-order chi connectivity index (χ1) is 6.33. The standard InChI is InChI=1S/C8H12N4O/c1-7-11-8(13-12-7)6-10-5-3-2-4-9/h10H,2-3,5-6H2,1H3. The maximum absolute atomic E-state index is 8.27. The molecular formula is C8H12N4O. The highest BCUT2D eigenvalue weighted by Crippen LogP contribution is 1.94. The molecule has 0 fully saturated rings. The van der Waals surface area contributed by atoms with E-state index >= 15 is 0 Å². The van der Waals surface area contributed by atoms with Crippen LogP contribution in [0.4, 0.5) is 0 Å². The van der Waals surface area contributed by atoms with Crippen LogP contribution in [0.1, 0.15) is 24.6 Å². The molecule has 1 aromatic rings.